The van der Waals surface area contributed by atoms with Crippen molar-refractivity contribution >= 4 is 31.9 Å². The Morgan fingerprint density at radius 3 is 2.42 bits per heavy atom. The summed E-state index contributed by atoms with van der Waals surface area (Å²) in [6, 6.07) is 4.83. The van der Waals surface area contributed by atoms with E-state index in [0.29, 0.717) is 11.1 Å². The molecule has 106 valence electrons. The molecule has 4 heteroatoms. The first-order chi connectivity index (χ1) is 9.15. The van der Waals surface area contributed by atoms with E-state index in [2.05, 4.69) is 31.9 Å². The molecule has 0 amide bonds. The quantitative estimate of drug-likeness (QED) is 0.470. The minimum absolute atomic E-state index is 0.233. The van der Waals surface area contributed by atoms with Gasteiger partial charge < -0.3 is 4.74 Å². The third-order valence-electron chi connectivity index (χ3n) is 3.88. The molecule has 0 heterocycles. The SMILES string of the molecule is Fc1ccc(OCC2(CBr)CCCCCC2)cc1Br. The van der Waals surface area contributed by atoms with Crippen LogP contribution in [0.1, 0.15) is 38.5 Å². The molecule has 0 spiro atoms. The van der Waals surface area contributed by atoms with Gasteiger partial charge in [-0.05, 0) is 47.0 Å². The van der Waals surface area contributed by atoms with Gasteiger partial charge in [0.2, 0.25) is 0 Å². The van der Waals surface area contributed by atoms with Gasteiger partial charge in [0.15, 0.2) is 0 Å². The van der Waals surface area contributed by atoms with Crippen molar-refractivity contribution in [3.8, 4) is 5.75 Å². The molecule has 1 saturated carbocycles. The van der Waals surface area contributed by atoms with E-state index in [1.807, 2.05) is 0 Å². The molecule has 0 radical (unpaired) electrons. The molecule has 1 aliphatic carbocycles. The van der Waals surface area contributed by atoms with Crippen molar-refractivity contribution in [3.63, 3.8) is 0 Å². The fourth-order valence-electron chi connectivity index (χ4n) is 2.60. The zero-order chi connectivity index (χ0) is 13.7. The van der Waals surface area contributed by atoms with Gasteiger partial charge in [-0.25, -0.2) is 4.39 Å². The van der Waals surface area contributed by atoms with E-state index in [-0.39, 0.29) is 11.2 Å². The molecule has 0 bridgehead atoms. The molecule has 1 fully saturated rings. The minimum atomic E-state index is -0.253. The predicted molar refractivity (Wildman–Crippen MR) is 83.5 cm³/mol. The highest BCUT2D eigenvalue weighted by atomic mass is 79.9. The summed E-state index contributed by atoms with van der Waals surface area (Å²) in [5.41, 5.74) is 0.233. The van der Waals surface area contributed by atoms with E-state index >= 15 is 0 Å². The van der Waals surface area contributed by atoms with E-state index in [1.54, 1.807) is 12.1 Å². The van der Waals surface area contributed by atoms with E-state index in [1.165, 1.54) is 44.6 Å². The number of alkyl halides is 1. The van der Waals surface area contributed by atoms with Crippen molar-refractivity contribution in [2.75, 3.05) is 11.9 Å². The molecule has 0 aromatic heterocycles. The summed E-state index contributed by atoms with van der Waals surface area (Å²) in [6.45, 7) is 0.705. The second kappa shape index (κ2) is 7.07. The van der Waals surface area contributed by atoms with E-state index in [0.717, 1.165) is 11.1 Å². The Hall–Kier alpha value is -0.0900. The molecule has 0 N–H and O–H groups in total. The maximum atomic E-state index is 13.2. The topological polar surface area (TPSA) is 9.23 Å². The van der Waals surface area contributed by atoms with Gasteiger partial charge >= 0.3 is 0 Å². The average molecular weight is 394 g/mol. The summed E-state index contributed by atoms with van der Waals surface area (Å²) in [5, 5.41) is 0.975. The van der Waals surface area contributed by atoms with Gasteiger partial charge in [0.1, 0.15) is 11.6 Å². The molecule has 0 saturated heterocycles. The minimum Gasteiger partial charge on any atom is -0.493 e. The van der Waals surface area contributed by atoms with Crippen molar-refractivity contribution in [2.45, 2.75) is 38.5 Å². The van der Waals surface area contributed by atoms with Crippen LogP contribution in [-0.2, 0) is 0 Å². The highest BCUT2D eigenvalue weighted by Gasteiger charge is 2.30. The molecular weight excluding hydrogens is 375 g/mol. The fraction of sp³-hybridized carbons (Fsp3) is 0.600. The van der Waals surface area contributed by atoms with Crippen LogP contribution in [0.25, 0.3) is 0 Å². The van der Waals surface area contributed by atoms with Gasteiger partial charge in [-0.1, -0.05) is 41.6 Å². The second-order valence-electron chi connectivity index (χ2n) is 5.41. The fourth-order valence-corrected chi connectivity index (χ4v) is 3.68. The zero-order valence-electron chi connectivity index (χ0n) is 10.9. The average Bonchev–Trinajstić information content (AvgIpc) is 2.66. The molecule has 1 aromatic rings. The largest absolute Gasteiger partial charge is 0.493 e. The molecule has 0 atom stereocenters. The maximum Gasteiger partial charge on any atom is 0.137 e. The van der Waals surface area contributed by atoms with Gasteiger partial charge in [-0.15, -0.1) is 0 Å². The Morgan fingerprint density at radius 2 is 1.84 bits per heavy atom. The lowest BCUT2D eigenvalue weighted by molar-refractivity contribution is 0.149. The Kier molecular flexibility index (Phi) is 5.70. The highest BCUT2D eigenvalue weighted by molar-refractivity contribution is 9.10. The Labute approximate surface area is 131 Å². The summed E-state index contributed by atoms with van der Waals surface area (Å²) in [6.07, 6.45) is 7.64. The van der Waals surface area contributed by atoms with Gasteiger partial charge in [-0.2, -0.15) is 0 Å². The molecule has 1 nitrogen and oxygen atoms in total. The summed E-state index contributed by atoms with van der Waals surface area (Å²) >= 11 is 6.84. The number of hydrogen-bond acceptors (Lipinski definition) is 1. The van der Waals surface area contributed by atoms with Crippen molar-refractivity contribution in [1.82, 2.24) is 0 Å². The molecule has 0 aliphatic heterocycles. The molecule has 2 rings (SSSR count). The standard InChI is InChI=1S/C15H19Br2FO/c16-10-15(7-3-1-2-4-8-15)11-19-12-5-6-14(18)13(17)9-12/h5-6,9H,1-4,7-8,10-11H2. The highest BCUT2D eigenvalue weighted by Crippen LogP contribution is 2.37. The Balaban J connectivity index is 2.00. The van der Waals surface area contributed by atoms with E-state index in [9.17, 15) is 4.39 Å². The molecular formula is C15H19Br2FO. The number of hydrogen-bond donors (Lipinski definition) is 0. The number of halogens is 3. The Bertz CT molecular complexity index is 415. The lowest BCUT2D eigenvalue weighted by Crippen LogP contribution is -2.30. The van der Waals surface area contributed by atoms with Gasteiger partial charge in [0.05, 0.1) is 11.1 Å². The number of rotatable bonds is 4. The van der Waals surface area contributed by atoms with Gasteiger partial charge in [0, 0.05) is 10.7 Å². The zero-order valence-corrected chi connectivity index (χ0v) is 14.1. The van der Waals surface area contributed by atoms with E-state index < -0.39 is 0 Å². The van der Waals surface area contributed by atoms with Crippen LogP contribution in [-0.4, -0.2) is 11.9 Å². The monoisotopic (exact) mass is 392 g/mol. The van der Waals surface area contributed by atoms with Crippen LogP contribution in [0.15, 0.2) is 22.7 Å². The molecule has 19 heavy (non-hydrogen) atoms. The molecule has 1 aromatic carbocycles. The van der Waals surface area contributed by atoms with Crippen LogP contribution in [0.3, 0.4) is 0 Å². The van der Waals surface area contributed by atoms with Crippen molar-refractivity contribution in [3.05, 3.63) is 28.5 Å². The van der Waals surface area contributed by atoms with Crippen LogP contribution < -0.4 is 4.74 Å². The summed E-state index contributed by atoms with van der Waals surface area (Å²) in [4.78, 5) is 0. The molecule has 1 aliphatic rings. The number of benzene rings is 1. The second-order valence-corrected chi connectivity index (χ2v) is 6.83. The van der Waals surface area contributed by atoms with Crippen molar-refractivity contribution in [2.24, 2.45) is 5.41 Å². The lowest BCUT2D eigenvalue weighted by Gasteiger charge is -2.30. The first-order valence-electron chi connectivity index (χ1n) is 6.79. The first kappa shape index (κ1) is 15.3. The third-order valence-corrected chi connectivity index (χ3v) is 5.68. The number of ether oxygens (including phenoxy) is 1. The van der Waals surface area contributed by atoms with Crippen LogP contribution in [0.4, 0.5) is 4.39 Å². The maximum absolute atomic E-state index is 13.2. The Morgan fingerprint density at radius 1 is 1.16 bits per heavy atom. The summed E-state index contributed by atoms with van der Waals surface area (Å²) in [7, 11) is 0. The van der Waals surface area contributed by atoms with E-state index in [4.69, 9.17) is 4.74 Å². The smallest absolute Gasteiger partial charge is 0.137 e. The lowest BCUT2D eigenvalue weighted by atomic mass is 9.83. The van der Waals surface area contributed by atoms with Crippen molar-refractivity contribution < 1.29 is 9.13 Å². The van der Waals surface area contributed by atoms with Crippen LogP contribution in [0.2, 0.25) is 0 Å². The summed E-state index contributed by atoms with van der Waals surface area (Å²) < 4.78 is 19.5. The normalized spacial score (nSPS) is 18.9. The summed E-state index contributed by atoms with van der Waals surface area (Å²) in [5.74, 6) is 0.481. The van der Waals surface area contributed by atoms with Crippen LogP contribution in [0.5, 0.6) is 5.75 Å². The van der Waals surface area contributed by atoms with Crippen LogP contribution in [0, 0.1) is 11.2 Å². The van der Waals surface area contributed by atoms with Crippen molar-refractivity contribution in [1.29, 1.82) is 0 Å². The third kappa shape index (κ3) is 4.19. The first-order valence-corrected chi connectivity index (χ1v) is 8.70. The predicted octanol–water partition coefficient (Wildman–Crippen LogP) is 5.70. The van der Waals surface area contributed by atoms with Gasteiger partial charge in [0.25, 0.3) is 0 Å². The van der Waals surface area contributed by atoms with Gasteiger partial charge in [-0.3, -0.25) is 0 Å². The van der Waals surface area contributed by atoms with Crippen LogP contribution >= 0.6 is 31.9 Å². The molecule has 0 unspecified atom stereocenters.